The molecule has 3 atom stereocenters. The first-order chi connectivity index (χ1) is 15.8. The Morgan fingerprint density at radius 2 is 1.68 bits per heavy atom. The Kier molecular flexibility index (Phi) is 9.41. The summed E-state index contributed by atoms with van der Waals surface area (Å²) in [5, 5.41) is 5.34. The molecule has 0 saturated heterocycles. The second kappa shape index (κ2) is 11.6. The van der Waals surface area contributed by atoms with Crippen LogP contribution < -0.4 is 21.9 Å². The van der Waals surface area contributed by atoms with E-state index in [-0.39, 0.29) is 28.7 Å². The highest BCUT2D eigenvalue weighted by Crippen LogP contribution is 2.45. The number of para-hydroxylation sites is 1. The second-order valence-electron chi connectivity index (χ2n) is 9.40. The van der Waals surface area contributed by atoms with Gasteiger partial charge in [0.25, 0.3) is 5.56 Å². The fourth-order valence-corrected chi connectivity index (χ4v) is 5.66. The van der Waals surface area contributed by atoms with Crippen molar-refractivity contribution in [1.82, 2.24) is 15.2 Å². The van der Waals surface area contributed by atoms with Gasteiger partial charge in [-0.1, -0.05) is 39.8 Å². The summed E-state index contributed by atoms with van der Waals surface area (Å²) in [5.41, 5.74) is -0.647. The van der Waals surface area contributed by atoms with Gasteiger partial charge in [-0.3, -0.25) is 18.9 Å². The molecule has 11 heteroatoms. The number of hydrogen-bond donors (Lipinski definition) is 3. The fraction of sp³-hybridized carbons (Fsp3) is 0.565. The number of carbonyl (C=O) groups excluding carboxylic acids is 2. The molecule has 2 aromatic rings. The SMILES string of the molecule is CNC(=O)[C@H](CC(C)C)NC(=O)C(CC(C)C)CP(=O)(O)Cn1c(=O)oc2ccccc2c1=O. The molecule has 0 aliphatic rings. The fourth-order valence-electron chi connectivity index (χ4n) is 3.86. The van der Waals surface area contributed by atoms with Crippen molar-refractivity contribution in [2.75, 3.05) is 13.2 Å². The van der Waals surface area contributed by atoms with Crippen LogP contribution in [0.25, 0.3) is 11.0 Å². The zero-order valence-electron chi connectivity index (χ0n) is 20.2. The van der Waals surface area contributed by atoms with Gasteiger partial charge in [0.15, 0.2) is 0 Å². The Labute approximate surface area is 198 Å². The largest absolute Gasteiger partial charge is 0.422 e. The summed E-state index contributed by atoms with van der Waals surface area (Å²) < 4.78 is 18.8. The molecule has 34 heavy (non-hydrogen) atoms. The third-order valence-electron chi connectivity index (χ3n) is 5.36. The predicted octanol–water partition coefficient (Wildman–Crippen LogP) is 2.12. The quantitative estimate of drug-likeness (QED) is 0.405. The van der Waals surface area contributed by atoms with Crippen LogP contribution in [0, 0.1) is 17.8 Å². The molecule has 0 spiro atoms. The lowest BCUT2D eigenvalue weighted by Gasteiger charge is -2.25. The molecule has 0 bridgehead atoms. The Hall–Kier alpha value is -2.71. The highest BCUT2D eigenvalue weighted by Gasteiger charge is 2.33. The van der Waals surface area contributed by atoms with Crippen LogP contribution in [-0.4, -0.2) is 40.5 Å². The first kappa shape index (κ1) is 27.5. The molecular formula is C23H34N3O7P. The summed E-state index contributed by atoms with van der Waals surface area (Å²) in [6, 6.07) is 5.34. The lowest BCUT2D eigenvalue weighted by molar-refractivity contribution is -0.131. The highest BCUT2D eigenvalue weighted by atomic mass is 31.2. The van der Waals surface area contributed by atoms with E-state index in [1.54, 1.807) is 12.1 Å². The van der Waals surface area contributed by atoms with Crippen molar-refractivity contribution in [3.8, 4) is 0 Å². The molecule has 2 rings (SSSR count). The molecule has 3 N–H and O–H groups in total. The minimum Gasteiger partial charge on any atom is -0.409 e. The van der Waals surface area contributed by atoms with E-state index in [1.165, 1.54) is 19.2 Å². The van der Waals surface area contributed by atoms with Gasteiger partial charge in [0.1, 0.15) is 17.9 Å². The number of nitrogens with one attached hydrogen (secondary N) is 2. The molecule has 188 valence electrons. The van der Waals surface area contributed by atoms with Crippen molar-refractivity contribution < 1.29 is 23.5 Å². The zero-order chi connectivity index (χ0) is 25.6. The molecule has 0 saturated carbocycles. The van der Waals surface area contributed by atoms with Crippen LogP contribution in [0.15, 0.2) is 38.3 Å². The van der Waals surface area contributed by atoms with Crippen molar-refractivity contribution in [3.05, 3.63) is 45.2 Å². The summed E-state index contributed by atoms with van der Waals surface area (Å²) in [7, 11) is -2.70. The van der Waals surface area contributed by atoms with Gasteiger partial charge in [-0.05, 0) is 36.8 Å². The topological polar surface area (TPSA) is 148 Å². The smallest absolute Gasteiger partial charge is 0.409 e. The number of hydrogen-bond acceptors (Lipinski definition) is 6. The molecule has 0 aliphatic heterocycles. The van der Waals surface area contributed by atoms with Gasteiger partial charge in [0.05, 0.1) is 5.39 Å². The van der Waals surface area contributed by atoms with Crippen LogP contribution in [0.2, 0.25) is 0 Å². The number of carbonyl (C=O) groups is 2. The van der Waals surface area contributed by atoms with Gasteiger partial charge in [-0.25, -0.2) is 9.36 Å². The molecule has 1 aromatic carbocycles. The molecule has 0 fully saturated rings. The van der Waals surface area contributed by atoms with Crippen LogP contribution in [0.5, 0.6) is 0 Å². The maximum atomic E-state index is 13.1. The summed E-state index contributed by atoms with van der Waals surface area (Å²) in [6.45, 7) is 7.58. The molecule has 0 radical (unpaired) electrons. The predicted molar refractivity (Wildman–Crippen MR) is 130 cm³/mol. The molecular weight excluding hydrogens is 461 g/mol. The monoisotopic (exact) mass is 495 g/mol. The van der Waals surface area contributed by atoms with Crippen molar-refractivity contribution >= 4 is 30.2 Å². The first-order valence-electron chi connectivity index (χ1n) is 11.3. The van der Waals surface area contributed by atoms with E-state index in [4.69, 9.17) is 4.42 Å². The number of aromatic nitrogens is 1. The number of rotatable bonds is 11. The van der Waals surface area contributed by atoms with Gasteiger partial charge >= 0.3 is 5.76 Å². The molecule has 2 unspecified atom stereocenters. The molecule has 2 amide bonds. The number of likely N-dealkylation sites (N-methyl/N-ethyl adjacent to an activating group) is 1. The summed E-state index contributed by atoms with van der Waals surface area (Å²) >= 11 is 0. The van der Waals surface area contributed by atoms with Crippen molar-refractivity contribution in [1.29, 1.82) is 0 Å². The van der Waals surface area contributed by atoms with E-state index in [1.807, 2.05) is 27.7 Å². The Balaban J connectivity index is 2.30. The maximum Gasteiger partial charge on any atom is 0.422 e. The third-order valence-corrected chi connectivity index (χ3v) is 7.10. The van der Waals surface area contributed by atoms with Crippen LogP contribution in [-0.2, 0) is 20.4 Å². The Morgan fingerprint density at radius 1 is 1.06 bits per heavy atom. The zero-order valence-corrected chi connectivity index (χ0v) is 21.1. The van der Waals surface area contributed by atoms with Gasteiger partial charge in [-0.15, -0.1) is 0 Å². The Bertz CT molecular complexity index is 1190. The number of benzene rings is 1. The number of amides is 2. The minimum atomic E-state index is -4.17. The van der Waals surface area contributed by atoms with E-state index in [0.717, 1.165) is 0 Å². The van der Waals surface area contributed by atoms with E-state index < -0.39 is 49.0 Å². The lowest BCUT2D eigenvalue weighted by Crippen LogP contribution is -2.49. The standard InChI is InChI=1S/C23H34N3O7P/c1-14(2)10-16(20(27)25-18(11-15(3)4)21(28)24-5)12-34(31,32)13-26-22(29)17-8-6-7-9-19(17)33-23(26)30/h6-9,14-16,18H,10-13H2,1-5H3,(H,24,28)(H,25,27)(H,31,32)/t16?,18-/m0/s1. The van der Waals surface area contributed by atoms with Crippen LogP contribution >= 0.6 is 7.37 Å². The van der Waals surface area contributed by atoms with Gasteiger partial charge in [0.2, 0.25) is 19.2 Å². The van der Waals surface area contributed by atoms with E-state index in [9.17, 15) is 28.6 Å². The van der Waals surface area contributed by atoms with Crippen LogP contribution in [0.4, 0.5) is 0 Å². The van der Waals surface area contributed by atoms with Crippen molar-refractivity contribution in [2.45, 2.75) is 52.9 Å². The van der Waals surface area contributed by atoms with Crippen LogP contribution in [0.3, 0.4) is 0 Å². The first-order valence-corrected chi connectivity index (χ1v) is 13.3. The van der Waals surface area contributed by atoms with E-state index in [2.05, 4.69) is 10.6 Å². The van der Waals surface area contributed by atoms with E-state index >= 15 is 0 Å². The maximum absolute atomic E-state index is 13.1. The van der Waals surface area contributed by atoms with Gasteiger partial charge < -0.3 is 19.9 Å². The third kappa shape index (κ3) is 7.40. The Morgan fingerprint density at radius 3 is 2.26 bits per heavy atom. The summed E-state index contributed by atoms with van der Waals surface area (Å²) in [4.78, 5) is 61.0. The molecule has 0 aliphatic carbocycles. The van der Waals surface area contributed by atoms with Crippen molar-refractivity contribution in [3.63, 3.8) is 0 Å². The van der Waals surface area contributed by atoms with Gasteiger partial charge in [-0.2, -0.15) is 0 Å². The second-order valence-corrected chi connectivity index (χ2v) is 11.7. The highest BCUT2D eigenvalue weighted by molar-refractivity contribution is 7.56. The average molecular weight is 496 g/mol. The summed E-state index contributed by atoms with van der Waals surface area (Å²) in [5.74, 6) is -2.65. The normalized spacial score (nSPS) is 15.2. The number of nitrogens with zero attached hydrogens (tertiary/aromatic N) is 1. The van der Waals surface area contributed by atoms with Crippen LogP contribution in [0.1, 0.15) is 40.5 Å². The molecule has 1 heterocycles. The summed E-state index contributed by atoms with van der Waals surface area (Å²) in [6.07, 6.45) is -0.520. The number of fused-ring (bicyclic) bond motifs is 1. The van der Waals surface area contributed by atoms with E-state index in [0.29, 0.717) is 17.4 Å². The lowest BCUT2D eigenvalue weighted by atomic mass is 9.96. The average Bonchev–Trinajstić information content (AvgIpc) is 2.74. The minimum absolute atomic E-state index is 0.0211. The molecule has 10 nitrogen and oxygen atoms in total. The van der Waals surface area contributed by atoms with Crippen molar-refractivity contribution in [2.24, 2.45) is 17.8 Å². The van der Waals surface area contributed by atoms with Gasteiger partial charge in [0, 0.05) is 19.1 Å². The molecule has 1 aromatic heterocycles.